The van der Waals surface area contributed by atoms with Crippen LogP contribution in [0.5, 0.6) is 0 Å². The molecule has 23 heavy (non-hydrogen) atoms. The molecule has 122 valence electrons. The van der Waals surface area contributed by atoms with Crippen LogP contribution >= 0.6 is 11.3 Å². The molecule has 0 spiro atoms. The van der Waals surface area contributed by atoms with E-state index < -0.39 is 6.10 Å². The van der Waals surface area contributed by atoms with Crippen molar-refractivity contribution in [2.45, 2.75) is 19.6 Å². The van der Waals surface area contributed by atoms with Crippen LogP contribution in [0.3, 0.4) is 0 Å². The summed E-state index contributed by atoms with van der Waals surface area (Å²) in [4.78, 5) is 19.5. The number of thiazole rings is 1. The van der Waals surface area contributed by atoms with Gasteiger partial charge in [0.2, 0.25) is 0 Å². The predicted octanol–water partition coefficient (Wildman–Crippen LogP) is 2.49. The van der Waals surface area contributed by atoms with Gasteiger partial charge in [0.05, 0.1) is 13.7 Å². The summed E-state index contributed by atoms with van der Waals surface area (Å²) in [7, 11) is 1.39. The smallest absolute Gasteiger partial charge is 0.336 e. The van der Waals surface area contributed by atoms with Gasteiger partial charge in [-0.15, -0.1) is 11.3 Å². The van der Waals surface area contributed by atoms with E-state index in [0.29, 0.717) is 13.2 Å². The average Bonchev–Trinajstić information content (AvgIpc) is 3.03. The van der Waals surface area contributed by atoms with Crippen molar-refractivity contribution in [3.8, 4) is 10.6 Å². The van der Waals surface area contributed by atoms with Crippen LogP contribution in [0.15, 0.2) is 30.5 Å². The van der Waals surface area contributed by atoms with Gasteiger partial charge < -0.3 is 9.47 Å². The summed E-state index contributed by atoms with van der Waals surface area (Å²) >= 11 is 1.69. The average molecular weight is 332 g/mol. The summed E-state index contributed by atoms with van der Waals surface area (Å²) in [5.74, 6) is -0.306. The van der Waals surface area contributed by atoms with Crippen LogP contribution < -0.4 is 0 Å². The summed E-state index contributed by atoms with van der Waals surface area (Å²) in [6, 6.07) is 8.39. The molecule has 1 aliphatic rings. The number of hydrogen-bond acceptors (Lipinski definition) is 6. The fraction of sp³-hybridized carbons (Fsp3) is 0.412. The fourth-order valence-electron chi connectivity index (χ4n) is 2.55. The summed E-state index contributed by atoms with van der Waals surface area (Å²) in [5.41, 5.74) is 2.38. The third-order valence-corrected chi connectivity index (χ3v) is 4.88. The summed E-state index contributed by atoms with van der Waals surface area (Å²) in [5, 5.41) is 1.03. The molecule has 1 aromatic carbocycles. The van der Waals surface area contributed by atoms with Crippen molar-refractivity contribution in [2.75, 3.05) is 26.8 Å². The lowest BCUT2D eigenvalue weighted by molar-refractivity contribution is -0.159. The maximum absolute atomic E-state index is 11.6. The highest BCUT2D eigenvalue weighted by molar-refractivity contribution is 7.15. The van der Waals surface area contributed by atoms with Crippen molar-refractivity contribution in [2.24, 2.45) is 0 Å². The Labute approximate surface area is 139 Å². The summed E-state index contributed by atoms with van der Waals surface area (Å²) < 4.78 is 10.2. The van der Waals surface area contributed by atoms with Crippen LogP contribution in [0, 0.1) is 6.92 Å². The number of rotatable bonds is 4. The highest BCUT2D eigenvalue weighted by atomic mass is 32.1. The summed E-state index contributed by atoms with van der Waals surface area (Å²) in [6.45, 7) is 4.77. The van der Waals surface area contributed by atoms with Crippen LogP contribution in [-0.2, 0) is 20.8 Å². The molecule has 3 rings (SSSR count). The molecule has 0 N–H and O–H groups in total. The molecule has 6 heteroatoms. The Morgan fingerprint density at radius 2 is 2.22 bits per heavy atom. The Morgan fingerprint density at radius 3 is 2.96 bits per heavy atom. The molecule has 1 fully saturated rings. The molecule has 0 aliphatic carbocycles. The normalized spacial score (nSPS) is 18.8. The van der Waals surface area contributed by atoms with Crippen molar-refractivity contribution in [1.29, 1.82) is 0 Å². The van der Waals surface area contributed by atoms with Gasteiger partial charge in [-0.2, -0.15) is 0 Å². The number of carbonyl (C=O) groups excluding carboxylic acids is 1. The van der Waals surface area contributed by atoms with Crippen molar-refractivity contribution in [3.63, 3.8) is 0 Å². The standard InChI is InChI=1S/C17H20N2O3S/c1-12-3-5-13(6-4-12)16-18-9-14(23-16)10-19-7-8-22-15(11-19)17(20)21-2/h3-6,9,15H,7-8,10-11H2,1-2H3. The lowest BCUT2D eigenvalue weighted by atomic mass is 10.2. The Morgan fingerprint density at radius 1 is 1.43 bits per heavy atom. The lowest BCUT2D eigenvalue weighted by Gasteiger charge is -2.30. The van der Waals surface area contributed by atoms with Gasteiger partial charge in [0.25, 0.3) is 0 Å². The topological polar surface area (TPSA) is 51.7 Å². The van der Waals surface area contributed by atoms with Crippen molar-refractivity contribution in [1.82, 2.24) is 9.88 Å². The first kappa shape index (κ1) is 16.1. The number of hydrogen-bond donors (Lipinski definition) is 0. The zero-order valence-electron chi connectivity index (χ0n) is 13.3. The second-order valence-corrected chi connectivity index (χ2v) is 6.73. The van der Waals surface area contributed by atoms with Crippen LogP contribution in [0.25, 0.3) is 10.6 Å². The quantitative estimate of drug-likeness (QED) is 0.805. The maximum Gasteiger partial charge on any atom is 0.336 e. The van der Waals surface area contributed by atoms with E-state index in [1.54, 1.807) is 11.3 Å². The Balaban J connectivity index is 1.64. The van der Waals surface area contributed by atoms with Crippen molar-refractivity contribution >= 4 is 17.3 Å². The minimum Gasteiger partial charge on any atom is -0.467 e. The van der Waals surface area contributed by atoms with Gasteiger partial charge in [-0.25, -0.2) is 9.78 Å². The first-order valence-corrected chi connectivity index (χ1v) is 8.41. The molecule has 1 aromatic heterocycles. The van der Waals surface area contributed by atoms with E-state index >= 15 is 0 Å². The molecule has 0 amide bonds. The first-order chi connectivity index (χ1) is 11.2. The number of methoxy groups -OCH3 is 1. The molecule has 1 unspecified atom stereocenters. The molecule has 0 saturated carbocycles. The van der Waals surface area contributed by atoms with E-state index in [0.717, 1.165) is 23.7 Å². The molecule has 5 nitrogen and oxygen atoms in total. The Hall–Kier alpha value is -1.76. The van der Waals surface area contributed by atoms with E-state index in [1.807, 2.05) is 6.20 Å². The number of nitrogens with zero attached hydrogens (tertiary/aromatic N) is 2. The minimum absolute atomic E-state index is 0.306. The van der Waals surface area contributed by atoms with Gasteiger partial charge in [-0.05, 0) is 6.92 Å². The first-order valence-electron chi connectivity index (χ1n) is 7.59. The Bertz CT molecular complexity index is 669. The molecule has 1 atom stereocenters. The predicted molar refractivity (Wildman–Crippen MR) is 89.3 cm³/mol. The van der Waals surface area contributed by atoms with Crippen LogP contribution in [0.1, 0.15) is 10.4 Å². The minimum atomic E-state index is -0.488. The molecule has 1 saturated heterocycles. The molecular formula is C17H20N2O3S. The number of aromatic nitrogens is 1. The number of aryl methyl sites for hydroxylation is 1. The largest absolute Gasteiger partial charge is 0.467 e. The number of esters is 1. The fourth-order valence-corrected chi connectivity index (χ4v) is 3.51. The van der Waals surface area contributed by atoms with Crippen LogP contribution in [0.4, 0.5) is 0 Å². The van der Waals surface area contributed by atoms with Gasteiger partial charge >= 0.3 is 5.97 Å². The zero-order valence-corrected chi connectivity index (χ0v) is 14.1. The van der Waals surface area contributed by atoms with Crippen LogP contribution in [0.2, 0.25) is 0 Å². The Kier molecular flexibility index (Phi) is 5.05. The maximum atomic E-state index is 11.6. The van der Waals surface area contributed by atoms with E-state index in [-0.39, 0.29) is 5.97 Å². The number of carbonyl (C=O) groups is 1. The lowest BCUT2D eigenvalue weighted by Crippen LogP contribution is -2.45. The van der Waals surface area contributed by atoms with E-state index in [4.69, 9.17) is 9.47 Å². The molecular weight excluding hydrogens is 312 g/mol. The van der Waals surface area contributed by atoms with Gasteiger partial charge in [0.1, 0.15) is 5.01 Å². The van der Waals surface area contributed by atoms with E-state index in [2.05, 4.69) is 41.1 Å². The third kappa shape index (κ3) is 3.96. The molecule has 1 aliphatic heterocycles. The van der Waals surface area contributed by atoms with Gasteiger partial charge in [-0.1, -0.05) is 29.8 Å². The second-order valence-electron chi connectivity index (χ2n) is 5.62. The zero-order chi connectivity index (χ0) is 16.2. The summed E-state index contributed by atoms with van der Waals surface area (Å²) in [6.07, 6.45) is 1.43. The van der Waals surface area contributed by atoms with Crippen molar-refractivity contribution < 1.29 is 14.3 Å². The SMILES string of the molecule is COC(=O)C1CN(Cc2cnc(-c3ccc(C)cc3)s2)CCO1. The highest BCUT2D eigenvalue weighted by Gasteiger charge is 2.27. The molecule has 2 aromatic rings. The number of benzene rings is 1. The highest BCUT2D eigenvalue weighted by Crippen LogP contribution is 2.26. The third-order valence-electron chi connectivity index (χ3n) is 3.85. The monoisotopic (exact) mass is 332 g/mol. The molecule has 0 bridgehead atoms. The van der Waals surface area contributed by atoms with Crippen LogP contribution in [-0.4, -0.2) is 48.8 Å². The van der Waals surface area contributed by atoms with Gasteiger partial charge in [0, 0.05) is 36.3 Å². The number of morpholine rings is 1. The number of ether oxygens (including phenoxy) is 2. The molecule has 2 heterocycles. The van der Waals surface area contributed by atoms with E-state index in [1.165, 1.54) is 17.6 Å². The van der Waals surface area contributed by atoms with Gasteiger partial charge in [-0.3, -0.25) is 4.90 Å². The van der Waals surface area contributed by atoms with Crippen molar-refractivity contribution in [3.05, 3.63) is 40.9 Å². The van der Waals surface area contributed by atoms with Gasteiger partial charge in [0.15, 0.2) is 6.10 Å². The molecule has 0 radical (unpaired) electrons. The van der Waals surface area contributed by atoms with E-state index in [9.17, 15) is 4.79 Å². The second kappa shape index (κ2) is 7.21.